The van der Waals surface area contributed by atoms with Gasteiger partial charge in [0.05, 0.1) is 12.8 Å². The van der Waals surface area contributed by atoms with E-state index in [0.717, 1.165) is 52.4 Å². The van der Waals surface area contributed by atoms with Crippen LogP contribution in [0.5, 0.6) is 0 Å². The third kappa shape index (κ3) is 7.00. The molecule has 0 spiro atoms. The largest absolute Gasteiger partial charge is 0.300 e. The lowest BCUT2D eigenvalue weighted by Crippen LogP contribution is -2.14. The molecule has 1 saturated carbocycles. The van der Waals surface area contributed by atoms with Crippen molar-refractivity contribution < 1.29 is 9.59 Å². The molecule has 0 radical (unpaired) electrons. The van der Waals surface area contributed by atoms with Crippen molar-refractivity contribution in [3.05, 3.63) is 80.3 Å². The van der Waals surface area contributed by atoms with Crippen molar-refractivity contribution in [3.8, 4) is 0 Å². The van der Waals surface area contributed by atoms with E-state index in [2.05, 4.69) is 31.0 Å². The average molecular weight is 567 g/mol. The predicted molar refractivity (Wildman–Crippen MR) is 151 cm³/mol. The number of hydrogen-bond donors (Lipinski definition) is 2. The van der Waals surface area contributed by atoms with Crippen LogP contribution in [0.15, 0.2) is 48.5 Å². The van der Waals surface area contributed by atoms with Crippen LogP contribution in [0, 0.1) is 6.92 Å². The van der Waals surface area contributed by atoms with Gasteiger partial charge < -0.3 is 10.6 Å². The number of carbonyl (C=O) groups excluding carboxylic acids is 2. The fourth-order valence-electron chi connectivity index (χ4n) is 4.71. The zero-order valence-electron chi connectivity index (χ0n) is 20.8. The summed E-state index contributed by atoms with van der Waals surface area (Å²) >= 11 is 8.88. The van der Waals surface area contributed by atoms with Gasteiger partial charge in [-0.2, -0.15) is 0 Å². The lowest BCUT2D eigenvalue weighted by atomic mass is 9.82. The molecule has 2 N–H and O–H groups in total. The Hall–Kier alpha value is -3.21. The van der Waals surface area contributed by atoms with Crippen molar-refractivity contribution in [2.45, 2.75) is 57.3 Å². The number of nitrogens with one attached hydrogen (secondary N) is 2. The van der Waals surface area contributed by atoms with Crippen LogP contribution in [0.3, 0.4) is 0 Å². The lowest BCUT2D eigenvalue weighted by molar-refractivity contribution is -0.116. The summed E-state index contributed by atoms with van der Waals surface area (Å²) in [4.78, 5) is 24.9. The number of aryl methyl sites for hydroxylation is 1. The maximum Gasteiger partial charge on any atom is 0.230 e. The molecule has 2 heterocycles. The molecule has 0 aliphatic heterocycles. The zero-order valence-corrected chi connectivity index (χ0v) is 23.2. The summed E-state index contributed by atoms with van der Waals surface area (Å²) in [6.07, 6.45) is 4.49. The Morgan fingerprint density at radius 1 is 0.842 bits per heavy atom. The average Bonchev–Trinajstić information content (AvgIpc) is 3.54. The molecule has 5 rings (SSSR count). The fraction of sp³-hybridized carbons (Fsp3) is 0.333. The monoisotopic (exact) mass is 566 g/mol. The van der Waals surface area contributed by atoms with Gasteiger partial charge in [0.15, 0.2) is 0 Å². The summed E-state index contributed by atoms with van der Waals surface area (Å²) in [5.41, 5.74) is 2.94. The summed E-state index contributed by atoms with van der Waals surface area (Å²) in [6.45, 7) is 2.01. The summed E-state index contributed by atoms with van der Waals surface area (Å²) in [7, 11) is 0. The van der Waals surface area contributed by atoms with E-state index in [0.29, 0.717) is 21.7 Å². The first-order valence-electron chi connectivity index (χ1n) is 12.5. The van der Waals surface area contributed by atoms with E-state index in [1.165, 1.54) is 22.7 Å². The lowest BCUT2D eigenvalue weighted by Gasteiger charge is -2.25. The van der Waals surface area contributed by atoms with Gasteiger partial charge in [-0.25, -0.2) is 0 Å². The highest BCUT2D eigenvalue weighted by Gasteiger charge is 2.29. The summed E-state index contributed by atoms with van der Waals surface area (Å²) in [5, 5.41) is 26.4. The Kier molecular flexibility index (Phi) is 8.41. The van der Waals surface area contributed by atoms with E-state index in [1.807, 2.05) is 43.3 Å². The molecule has 1 aliphatic carbocycles. The van der Waals surface area contributed by atoms with Crippen molar-refractivity contribution in [2.24, 2.45) is 0 Å². The van der Waals surface area contributed by atoms with Crippen LogP contribution < -0.4 is 10.6 Å². The third-order valence-electron chi connectivity index (χ3n) is 6.45. The number of amides is 2. The van der Waals surface area contributed by atoms with Crippen molar-refractivity contribution in [1.29, 1.82) is 0 Å². The Bertz CT molecular complexity index is 1330. The Morgan fingerprint density at radius 3 is 1.95 bits per heavy atom. The molecular formula is C27H27ClN6O2S2. The highest BCUT2D eigenvalue weighted by molar-refractivity contribution is 7.15. The highest BCUT2D eigenvalue weighted by atomic mass is 35.5. The third-order valence-corrected chi connectivity index (χ3v) is 8.68. The van der Waals surface area contributed by atoms with Crippen LogP contribution in [0.25, 0.3) is 0 Å². The van der Waals surface area contributed by atoms with Crippen molar-refractivity contribution in [3.63, 3.8) is 0 Å². The molecule has 2 aromatic heterocycles. The maximum absolute atomic E-state index is 12.5. The number of halogens is 1. The minimum atomic E-state index is -0.151. The van der Waals surface area contributed by atoms with E-state index in [1.54, 1.807) is 12.1 Å². The topological polar surface area (TPSA) is 110 Å². The maximum atomic E-state index is 12.5. The number of rotatable bonds is 8. The minimum Gasteiger partial charge on any atom is -0.300 e. The quantitative estimate of drug-likeness (QED) is 0.264. The van der Waals surface area contributed by atoms with E-state index in [-0.39, 0.29) is 30.1 Å². The van der Waals surface area contributed by atoms with Gasteiger partial charge in [-0.05, 0) is 49.4 Å². The molecule has 2 amide bonds. The van der Waals surface area contributed by atoms with Crippen LogP contribution in [0.4, 0.5) is 10.3 Å². The molecule has 0 unspecified atom stereocenters. The molecule has 2 aromatic carbocycles. The summed E-state index contributed by atoms with van der Waals surface area (Å²) in [5.74, 6) is 0.243. The smallest absolute Gasteiger partial charge is 0.230 e. The molecular weight excluding hydrogens is 540 g/mol. The Balaban J connectivity index is 1.15. The molecule has 11 heteroatoms. The number of nitrogens with zero attached hydrogens (tertiary/aromatic N) is 4. The van der Waals surface area contributed by atoms with Gasteiger partial charge in [-0.1, -0.05) is 82.7 Å². The molecule has 1 fully saturated rings. The van der Waals surface area contributed by atoms with E-state index in [4.69, 9.17) is 11.6 Å². The standard InChI is InChI=1S/C27H27ClN6O2S2/c1-16-5-2-6-17(11-16)13-22(35)29-26-33-31-24(37-26)19-8-4-9-20(15-19)25-32-34-27(38-25)30-23(36)14-18-7-3-10-21(28)12-18/h2-3,5-7,10-12,19-20H,4,8-9,13-15H2,1H3,(H,29,33,35)(H,30,34,36)/t19-,20-/m0/s1. The van der Waals surface area contributed by atoms with Crippen molar-refractivity contribution in [2.75, 3.05) is 10.6 Å². The first kappa shape index (κ1) is 26.4. The second kappa shape index (κ2) is 12.1. The first-order chi connectivity index (χ1) is 18.4. The van der Waals surface area contributed by atoms with E-state index >= 15 is 0 Å². The van der Waals surface area contributed by atoms with E-state index in [9.17, 15) is 9.59 Å². The molecule has 2 atom stereocenters. The van der Waals surface area contributed by atoms with Crippen molar-refractivity contribution in [1.82, 2.24) is 20.4 Å². The van der Waals surface area contributed by atoms with Gasteiger partial charge in [-0.15, -0.1) is 20.4 Å². The number of aromatic nitrogens is 4. The molecule has 8 nitrogen and oxygen atoms in total. The SMILES string of the molecule is Cc1cccc(CC(=O)Nc2nnc([C@H]3CCC[C@H](c4nnc(NC(=O)Cc5cccc(Cl)c5)s4)C3)s2)c1. The molecule has 0 bridgehead atoms. The normalized spacial score (nSPS) is 17.2. The summed E-state index contributed by atoms with van der Waals surface area (Å²) in [6, 6.07) is 15.2. The predicted octanol–water partition coefficient (Wildman–Crippen LogP) is 6.16. The van der Waals surface area contributed by atoms with Crippen LogP contribution >= 0.6 is 34.3 Å². The number of anilines is 2. The molecule has 4 aromatic rings. The van der Waals surface area contributed by atoms with Gasteiger partial charge in [0, 0.05) is 16.9 Å². The van der Waals surface area contributed by atoms with Crippen molar-refractivity contribution >= 4 is 56.4 Å². The minimum absolute atomic E-state index is 0.0985. The molecule has 1 aliphatic rings. The Morgan fingerprint density at radius 2 is 1.39 bits per heavy atom. The van der Waals surface area contributed by atoms with Crippen LogP contribution in [0.1, 0.15) is 64.2 Å². The molecule has 196 valence electrons. The zero-order chi connectivity index (χ0) is 26.5. The van der Waals surface area contributed by atoms with Gasteiger partial charge in [0.25, 0.3) is 0 Å². The second-order valence-corrected chi connectivity index (χ2v) is 12.0. The van der Waals surface area contributed by atoms with Gasteiger partial charge in [0.2, 0.25) is 22.1 Å². The van der Waals surface area contributed by atoms with Gasteiger partial charge in [-0.3, -0.25) is 9.59 Å². The fourth-order valence-corrected chi connectivity index (χ4v) is 6.73. The number of hydrogen-bond acceptors (Lipinski definition) is 8. The highest BCUT2D eigenvalue weighted by Crippen LogP contribution is 2.43. The Labute approximate surface area is 233 Å². The molecule has 0 saturated heterocycles. The first-order valence-corrected chi connectivity index (χ1v) is 14.5. The van der Waals surface area contributed by atoms with Gasteiger partial charge >= 0.3 is 0 Å². The van der Waals surface area contributed by atoms with E-state index < -0.39 is 0 Å². The van der Waals surface area contributed by atoms with Crippen LogP contribution in [0.2, 0.25) is 5.02 Å². The second-order valence-electron chi connectivity index (χ2n) is 9.52. The number of benzene rings is 2. The van der Waals surface area contributed by atoms with Gasteiger partial charge in [0.1, 0.15) is 10.0 Å². The molecule has 38 heavy (non-hydrogen) atoms. The van der Waals surface area contributed by atoms with Crippen LogP contribution in [-0.2, 0) is 22.4 Å². The summed E-state index contributed by atoms with van der Waals surface area (Å²) < 4.78 is 0. The number of carbonyl (C=O) groups is 2. The van der Waals surface area contributed by atoms with Crippen LogP contribution in [-0.4, -0.2) is 32.2 Å².